The lowest BCUT2D eigenvalue weighted by Crippen LogP contribution is -2.36. The average Bonchev–Trinajstić information content (AvgIpc) is 2.18. The molecule has 0 atom stereocenters. The average molecular weight is 213 g/mol. The van der Waals surface area contributed by atoms with Gasteiger partial charge in [-0.2, -0.15) is 12.6 Å². The second-order valence-electron chi connectivity index (χ2n) is 4.74. The predicted molar refractivity (Wildman–Crippen MR) is 67.0 cm³/mol. The number of hydrogen-bond donors (Lipinski definition) is 1. The van der Waals surface area contributed by atoms with E-state index >= 15 is 0 Å². The molecular formula is C12H23NS. The number of likely N-dealkylation sites (N-methyl/N-ethyl adjacent to an activating group) is 1. The first kappa shape index (κ1) is 12.1. The predicted octanol–water partition coefficient (Wildman–Crippen LogP) is 2.98. The molecule has 1 rings (SSSR count). The van der Waals surface area contributed by atoms with Gasteiger partial charge < -0.3 is 0 Å². The molecule has 1 aliphatic carbocycles. The van der Waals surface area contributed by atoms with Crippen LogP contribution in [0.5, 0.6) is 0 Å². The highest BCUT2D eigenvalue weighted by molar-refractivity contribution is 7.80. The van der Waals surface area contributed by atoms with Crippen LogP contribution < -0.4 is 0 Å². The van der Waals surface area contributed by atoms with Gasteiger partial charge in [0, 0.05) is 18.3 Å². The Hall–Kier alpha value is 0.0500. The Balaban J connectivity index is 2.30. The van der Waals surface area contributed by atoms with E-state index in [0.717, 1.165) is 24.3 Å². The smallest absolute Gasteiger partial charge is 0.0198 e. The summed E-state index contributed by atoms with van der Waals surface area (Å²) in [4.78, 5) is 2.45. The Morgan fingerprint density at radius 1 is 1.36 bits per heavy atom. The van der Waals surface area contributed by atoms with Gasteiger partial charge in [-0.05, 0) is 38.6 Å². The van der Waals surface area contributed by atoms with Crippen molar-refractivity contribution in [1.29, 1.82) is 0 Å². The molecule has 0 aromatic rings. The van der Waals surface area contributed by atoms with E-state index in [1.807, 2.05) is 0 Å². The van der Waals surface area contributed by atoms with Gasteiger partial charge in [0.1, 0.15) is 0 Å². The maximum absolute atomic E-state index is 4.24. The summed E-state index contributed by atoms with van der Waals surface area (Å²) in [5.41, 5.74) is 1.23. The molecule has 0 N–H and O–H groups in total. The first-order valence-electron chi connectivity index (χ1n) is 5.61. The third kappa shape index (κ3) is 3.66. The fourth-order valence-corrected chi connectivity index (χ4v) is 2.32. The summed E-state index contributed by atoms with van der Waals surface area (Å²) in [6, 6.07) is 0.780. The Morgan fingerprint density at radius 3 is 2.43 bits per heavy atom. The quantitative estimate of drug-likeness (QED) is 0.555. The van der Waals surface area contributed by atoms with Crippen molar-refractivity contribution in [3.63, 3.8) is 0 Å². The second-order valence-corrected chi connectivity index (χ2v) is 5.05. The molecule has 82 valence electrons. The molecular weight excluding hydrogens is 190 g/mol. The van der Waals surface area contributed by atoms with Crippen LogP contribution >= 0.6 is 12.6 Å². The zero-order valence-corrected chi connectivity index (χ0v) is 10.4. The number of hydrogen-bond acceptors (Lipinski definition) is 2. The largest absolute Gasteiger partial charge is 0.299 e. The highest BCUT2D eigenvalue weighted by atomic mass is 32.1. The molecule has 0 heterocycles. The highest BCUT2D eigenvalue weighted by Crippen LogP contribution is 2.26. The van der Waals surface area contributed by atoms with E-state index in [1.54, 1.807) is 0 Å². The molecule has 0 bridgehead atoms. The fourth-order valence-electron chi connectivity index (χ4n) is 2.22. The van der Waals surface area contributed by atoms with E-state index in [-0.39, 0.29) is 0 Å². The van der Waals surface area contributed by atoms with Crippen LogP contribution in [0.3, 0.4) is 0 Å². The highest BCUT2D eigenvalue weighted by Gasteiger charge is 2.21. The monoisotopic (exact) mass is 213 g/mol. The third-order valence-corrected chi connectivity index (χ3v) is 3.75. The van der Waals surface area contributed by atoms with Crippen molar-refractivity contribution in [2.75, 3.05) is 19.3 Å². The Kier molecular flexibility index (Phi) is 5.04. The standard InChI is InChI=1S/C12H23NS/c1-10-4-6-12(7-5-10)13(3)8-11(2)9-14/h10,12,14H,2,4-9H2,1,3H3. The van der Waals surface area contributed by atoms with Gasteiger partial charge in [0.2, 0.25) is 0 Å². The molecule has 0 amide bonds. The molecule has 0 unspecified atom stereocenters. The van der Waals surface area contributed by atoms with Crippen LogP contribution in [-0.2, 0) is 0 Å². The molecule has 1 aliphatic rings. The second kappa shape index (κ2) is 5.82. The SMILES string of the molecule is C=C(CS)CN(C)C1CCC(C)CC1. The first-order valence-corrected chi connectivity index (χ1v) is 6.24. The van der Waals surface area contributed by atoms with Gasteiger partial charge in [0.25, 0.3) is 0 Å². The van der Waals surface area contributed by atoms with Crippen LogP contribution in [-0.4, -0.2) is 30.3 Å². The molecule has 0 aromatic carbocycles. The summed E-state index contributed by atoms with van der Waals surface area (Å²) in [6.07, 6.45) is 5.50. The van der Waals surface area contributed by atoms with Gasteiger partial charge in [0.15, 0.2) is 0 Å². The van der Waals surface area contributed by atoms with E-state index < -0.39 is 0 Å². The van der Waals surface area contributed by atoms with Crippen molar-refractivity contribution < 1.29 is 0 Å². The minimum absolute atomic E-state index is 0.780. The van der Waals surface area contributed by atoms with Crippen LogP contribution in [0.2, 0.25) is 0 Å². The van der Waals surface area contributed by atoms with E-state index in [9.17, 15) is 0 Å². The summed E-state index contributed by atoms with van der Waals surface area (Å²) in [5, 5.41) is 0. The van der Waals surface area contributed by atoms with Crippen LogP contribution in [0.1, 0.15) is 32.6 Å². The van der Waals surface area contributed by atoms with E-state index in [4.69, 9.17) is 0 Å². The molecule has 0 spiro atoms. The van der Waals surface area contributed by atoms with Crippen molar-refractivity contribution in [3.8, 4) is 0 Å². The normalized spacial score (nSPS) is 28.0. The number of nitrogens with zero attached hydrogens (tertiary/aromatic N) is 1. The summed E-state index contributed by atoms with van der Waals surface area (Å²) in [7, 11) is 2.22. The molecule has 0 radical (unpaired) electrons. The summed E-state index contributed by atoms with van der Waals surface area (Å²) in [5.74, 6) is 1.75. The zero-order chi connectivity index (χ0) is 10.6. The van der Waals surface area contributed by atoms with Gasteiger partial charge in [0.05, 0.1) is 0 Å². The lowest BCUT2D eigenvalue weighted by Gasteiger charge is -2.33. The van der Waals surface area contributed by atoms with Gasteiger partial charge in [-0.3, -0.25) is 4.90 Å². The minimum Gasteiger partial charge on any atom is -0.299 e. The lowest BCUT2D eigenvalue weighted by molar-refractivity contribution is 0.182. The Labute approximate surface area is 94.0 Å². The first-order chi connectivity index (χ1) is 6.63. The van der Waals surface area contributed by atoms with Gasteiger partial charge >= 0.3 is 0 Å². The third-order valence-electron chi connectivity index (χ3n) is 3.31. The van der Waals surface area contributed by atoms with Crippen LogP contribution in [0, 0.1) is 5.92 Å². The number of rotatable bonds is 4. The maximum Gasteiger partial charge on any atom is 0.0198 e. The Morgan fingerprint density at radius 2 is 1.93 bits per heavy atom. The summed E-state index contributed by atoms with van der Waals surface area (Å²) < 4.78 is 0. The molecule has 1 fully saturated rings. The van der Waals surface area contributed by atoms with Crippen molar-refractivity contribution in [3.05, 3.63) is 12.2 Å². The maximum atomic E-state index is 4.24. The van der Waals surface area contributed by atoms with Crippen molar-refractivity contribution >= 4 is 12.6 Å². The topological polar surface area (TPSA) is 3.24 Å². The molecule has 1 nitrogen and oxygen atoms in total. The van der Waals surface area contributed by atoms with Gasteiger partial charge in [-0.15, -0.1) is 0 Å². The van der Waals surface area contributed by atoms with Crippen LogP contribution in [0.15, 0.2) is 12.2 Å². The Bertz CT molecular complexity index is 183. The van der Waals surface area contributed by atoms with Crippen molar-refractivity contribution in [1.82, 2.24) is 4.90 Å². The van der Waals surface area contributed by atoms with Crippen molar-refractivity contribution in [2.45, 2.75) is 38.6 Å². The van der Waals surface area contributed by atoms with Crippen LogP contribution in [0.4, 0.5) is 0 Å². The molecule has 0 aromatic heterocycles. The van der Waals surface area contributed by atoms with Gasteiger partial charge in [-0.25, -0.2) is 0 Å². The van der Waals surface area contributed by atoms with Crippen LogP contribution in [0.25, 0.3) is 0 Å². The van der Waals surface area contributed by atoms with E-state index in [0.29, 0.717) is 0 Å². The van der Waals surface area contributed by atoms with Crippen molar-refractivity contribution in [2.24, 2.45) is 5.92 Å². The molecule has 14 heavy (non-hydrogen) atoms. The zero-order valence-electron chi connectivity index (χ0n) is 9.50. The molecule has 1 saturated carbocycles. The van der Waals surface area contributed by atoms with E-state index in [1.165, 1.54) is 31.3 Å². The fraction of sp³-hybridized carbons (Fsp3) is 0.833. The molecule has 2 heteroatoms. The van der Waals surface area contributed by atoms with E-state index in [2.05, 4.69) is 38.1 Å². The number of thiol groups is 1. The lowest BCUT2D eigenvalue weighted by atomic mass is 9.86. The summed E-state index contributed by atoms with van der Waals surface area (Å²) >= 11 is 4.24. The molecule has 0 aliphatic heterocycles. The molecule has 0 saturated heterocycles. The summed E-state index contributed by atoms with van der Waals surface area (Å²) in [6.45, 7) is 7.39. The minimum atomic E-state index is 0.780. The van der Waals surface area contributed by atoms with Gasteiger partial charge in [-0.1, -0.05) is 19.1 Å².